The van der Waals surface area contributed by atoms with E-state index in [1.54, 1.807) is 0 Å². The Bertz CT molecular complexity index is 2610. The van der Waals surface area contributed by atoms with E-state index in [9.17, 15) is 0 Å². The standard InChI is InChI=1S/C48H36/c1-47(2)41-23-13-11-16-31(41)33-26-25-29(27-43(33)47)44-34-18-6-8-20-36(34)45(37-21-9-7-19-35(37)44)39-28-40-32-17-12-14-24-42(32)48(3,4)46(40)38-22-10-5-15-30(38)39/h5-28H,1-4H3. The highest BCUT2D eigenvalue weighted by atomic mass is 14.4. The molecule has 2 aliphatic carbocycles. The molecule has 0 heterocycles. The normalized spacial score (nSPS) is 15.0. The Morgan fingerprint density at radius 1 is 0.312 bits per heavy atom. The van der Waals surface area contributed by atoms with Gasteiger partial charge in [-0.1, -0.05) is 161 Å². The van der Waals surface area contributed by atoms with Crippen LogP contribution in [0.15, 0.2) is 146 Å². The maximum Gasteiger partial charge on any atom is 0.0165 e. The van der Waals surface area contributed by atoms with Crippen molar-refractivity contribution >= 4 is 32.3 Å². The maximum absolute atomic E-state index is 2.51. The van der Waals surface area contributed by atoms with Gasteiger partial charge in [-0.3, -0.25) is 0 Å². The van der Waals surface area contributed by atoms with Gasteiger partial charge < -0.3 is 0 Å². The van der Waals surface area contributed by atoms with Gasteiger partial charge in [-0.05, 0) is 111 Å². The van der Waals surface area contributed by atoms with E-state index in [0.29, 0.717) is 0 Å². The first-order valence-corrected chi connectivity index (χ1v) is 17.2. The van der Waals surface area contributed by atoms with E-state index in [-0.39, 0.29) is 10.8 Å². The van der Waals surface area contributed by atoms with Gasteiger partial charge in [-0.25, -0.2) is 0 Å². The van der Waals surface area contributed by atoms with Gasteiger partial charge in [0.15, 0.2) is 0 Å². The second-order valence-corrected chi connectivity index (χ2v) is 14.8. The minimum absolute atomic E-state index is 0.0547. The van der Waals surface area contributed by atoms with Crippen LogP contribution in [0.25, 0.3) is 76.8 Å². The fraction of sp³-hybridized carbons (Fsp3) is 0.125. The van der Waals surface area contributed by atoms with Crippen LogP contribution in [-0.4, -0.2) is 0 Å². The average Bonchev–Trinajstić information content (AvgIpc) is 3.49. The lowest BCUT2D eigenvalue weighted by molar-refractivity contribution is 0.660. The molecule has 0 saturated carbocycles. The second kappa shape index (κ2) is 9.55. The van der Waals surface area contributed by atoms with Crippen molar-refractivity contribution < 1.29 is 0 Å². The van der Waals surface area contributed by atoms with Crippen molar-refractivity contribution in [3.63, 3.8) is 0 Å². The predicted molar refractivity (Wildman–Crippen MR) is 205 cm³/mol. The summed E-state index contributed by atoms with van der Waals surface area (Å²) in [5.74, 6) is 0. The summed E-state index contributed by atoms with van der Waals surface area (Å²) < 4.78 is 0. The molecule has 0 fully saturated rings. The molecule has 2 aliphatic rings. The summed E-state index contributed by atoms with van der Waals surface area (Å²) in [7, 11) is 0. The molecule has 0 heteroatoms. The maximum atomic E-state index is 2.51. The summed E-state index contributed by atoms with van der Waals surface area (Å²) in [4.78, 5) is 0. The topological polar surface area (TPSA) is 0 Å². The van der Waals surface area contributed by atoms with Crippen LogP contribution in [0.2, 0.25) is 0 Å². The lowest BCUT2D eigenvalue weighted by Crippen LogP contribution is -2.15. The van der Waals surface area contributed by atoms with Crippen molar-refractivity contribution in [3.05, 3.63) is 168 Å². The fourth-order valence-corrected chi connectivity index (χ4v) is 9.45. The summed E-state index contributed by atoms with van der Waals surface area (Å²) in [5, 5.41) is 7.85. The van der Waals surface area contributed by atoms with Crippen LogP contribution in [0.4, 0.5) is 0 Å². The molecule has 0 saturated heterocycles. The molecule has 0 amide bonds. The Balaban J connectivity index is 1.30. The molecule has 0 aliphatic heterocycles. The lowest BCUT2D eigenvalue weighted by Gasteiger charge is -2.25. The summed E-state index contributed by atoms with van der Waals surface area (Å²) in [6, 6.07) is 54.9. The Morgan fingerprint density at radius 3 is 1.40 bits per heavy atom. The van der Waals surface area contributed by atoms with Crippen LogP contribution in [0, 0.1) is 0 Å². The molecule has 0 N–H and O–H groups in total. The largest absolute Gasteiger partial charge is 0.0619 e. The molecule has 0 atom stereocenters. The summed E-state index contributed by atoms with van der Waals surface area (Å²) in [6.07, 6.45) is 0. The molecule has 228 valence electrons. The molecular formula is C48H36. The number of hydrogen-bond acceptors (Lipinski definition) is 0. The molecule has 0 radical (unpaired) electrons. The zero-order chi connectivity index (χ0) is 32.4. The lowest BCUT2D eigenvalue weighted by atomic mass is 9.78. The Labute approximate surface area is 282 Å². The van der Waals surface area contributed by atoms with Crippen molar-refractivity contribution in [1.82, 2.24) is 0 Å². The van der Waals surface area contributed by atoms with Gasteiger partial charge >= 0.3 is 0 Å². The SMILES string of the molecule is CC1(C)c2ccccc2-c2ccc(-c3c4ccccc4c(-c4cc5c(c6ccccc46)C(C)(C)c4ccccc4-5)c4ccccc34)cc21. The molecule has 10 rings (SSSR count). The highest BCUT2D eigenvalue weighted by Crippen LogP contribution is 2.55. The van der Waals surface area contributed by atoms with Crippen molar-refractivity contribution in [2.75, 3.05) is 0 Å². The quantitative estimate of drug-likeness (QED) is 0.170. The van der Waals surface area contributed by atoms with E-state index in [4.69, 9.17) is 0 Å². The van der Waals surface area contributed by atoms with Crippen molar-refractivity contribution in [3.8, 4) is 44.5 Å². The average molecular weight is 613 g/mol. The van der Waals surface area contributed by atoms with E-state index >= 15 is 0 Å². The van der Waals surface area contributed by atoms with Crippen molar-refractivity contribution in [2.24, 2.45) is 0 Å². The number of benzene rings is 8. The minimum Gasteiger partial charge on any atom is -0.0619 e. The summed E-state index contributed by atoms with van der Waals surface area (Å²) in [5.41, 5.74) is 16.2. The second-order valence-electron chi connectivity index (χ2n) is 14.8. The molecule has 48 heavy (non-hydrogen) atoms. The molecule has 0 aromatic heterocycles. The van der Waals surface area contributed by atoms with E-state index in [2.05, 4.69) is 173 Å². The zero-order valence-corrected chi connectivity index (χ0v) is 27.9. The van der Waals surface area contributed by atoms with Crippen LogP contribution >= 0.6 is 0 Å². The van der Waals surface area contributed by atoms with Gasteiger partial charge in [0.05, 0.1) is 0 Å². The van der Waals surface area contributed by atoms with Crippen LogP contribution in [-0.2, 0) is 10.8 Å². The van der Waals surface area contributed by atoms with Gasteiger partial charge in [0, 0.05) is 10.8 Å². The fourth-order valence-electron chi connectivity index (χ4n) is 9.45. The van der Waals surface area contributed by atoms with E-state index < -0.39 is 0 Å². The molecule has 8 aromatic rings. The third-order valence-electron chi connectivity index (χ3n) is 11.6. The minimum atomic E-state index is -0.0704. The molecule has 8 aromatic carbocycles. The summed E-state index contributed by atoms with van der Waals surface area (Å²) in [6.45, 7) is 9.53. The Morgan fingerprint density at radius 2 is 0.771 bits per heavy atom. The van der Waals surface area contributed by atoms with E-state index in [1.807, 2.05) is 0 Å². The highest BCUT2D eigenvalue weighted by molar-refractivity contribution is 6.24. The van der Waals surface area contributed by atoms with Crippen LogP contribution < -0.4 is 0 Å². The van der Waals surface area contributed by atoms with Gasteiger partial charge in [-0.2, -0.15) is 0 Å². The molecular weight excluding hydrogens is 577 g/mol. The third-order valence-corrected chi connectivity index (χ3v) is 11.6. The first kappa shape index (κ1) is 27.6. The zero-order valence-electron chi connectivity index (χ0n) is 27.9. The van der Waals surface area contributed by atoms with Crippen LogP contribution in [0.5, 0.6) is 0 Å². The molecule has 0 nitrogen and oxygen atoms in total. The number of hydrogen-bond donors (Lipinski definition) is 0. The first-order valence-electron chi connectivity index (χ1n) is 17.2. The predicted octanol–water partition coefficient (Wildman–Crippen LogP) is 13.1. The number of fused-ring (bicyclic) bond motifs is 10. The van der Waals surface area contributed by atoms with E-state index in [1.165, 1.54) is 99.1 Å². The smallest absolute Gasteiger partial charge is 0.0165 e. The van der Waals surface area contributed by atoms with Crippen LogP contribution in [0.1, 0.15) is 49.9 Å². The van der Waals surface area contributed by atoms with Crippen molar-refractivity contribution in [2.45, 2.75) is 38.5 Å². The van der Waals surface area contributed by atoms with Crippen molar-refractivity contribution in [1.29, 1.82) is 0 Å². The number of rotatable bonds is 2. The van der Waals surface area contributed by atoms with Gasteiger partial charge in [0.2, 0.25) is 0 Å². The molecule has 0 spiro atoms. The molecule has 0 unspecified atom stereocenters. The Hall–Kier alpha value is -5.46. The van der Waals surface area contributed by atoms with Gasteiger partial charge in [-0.15, -0.1) is 0 Å². The Kier molecular flexibility index (Phi) is 5.50. The van der Waals surface area contributed by atoms with E-state index in [0.717, 1.165) is 0 Å². The highest BCUT2D eigenvalue weighted by Gasteiger charge is 2.38. The third kappa shape index (κ3) is 3.50. The first-order chi connectivity index (χ1) is 23.4. The summed E-state index contributed by atoms with van der Waals surface area (Å²) >= 11 is 0. The monoisotopic (exact) mass is 612 g/mol. The van der Waals surface area contributed by atoms with Gasteiger partial charge in [0.1, 0.15) is 0 Å². The van der Waals surface area contributed by atoms with Gasteiger partial charge in [0.25, 0.3) is 0 Å². The molecule has 0 bridgehead atoms. The van der Waals surface area contributed by atoms with Crippen LogP contribution in [0.3, 0.4) is 0 Å².